The maximum Gasteiger partial charge on any atom is 0.187 e. The van der Waals surface area contributed by atoms with Gasteiger partial charge in [-0.2, -0.15) is 0 Å². The topological polar surface area (TPSA) is 136 Å². The lowest BCUT2D eigenvalue weighted by Gasteiger charge is -2.45. The maximum absolute atomic E-state index is 10.2. The second-order valence-corrected chi connectivity index (χ2v) is 7.31. The van der Waals surface area contributed by atoms with E-state index in [-0.39, 0.29) is 0 Å². The zero-order valence-electron chi connectivity index (χ0n) is 15.2. The summed E-state index contributed by atoms with van der Waals surface area (Å²) in [5, 5.41) is 39.3. The maximum atomic E-state index is 10.2. The molecule has 3 fully saturated rings. The summed E-state index contributed by atoms with van der Waals surface area (Å²) in [7, 11) is 1.50. The molecule has 0 aromatic carbocycles. The van der Waals surface area contributed by atoms with Crippen LogP contribution < -0.4 is 0 Å². The van der Waals surface area contributed by atoms with Crippen LogP contribution in [0.1, 0.15) is 20.8 Å². The SMILES string of the molecule is CO[C@@H]1O[C@@H](C)[C@H](O[C@H]2O[C@H](CO)[C@@H](O)[C@H](O)[C@@H]2O)[C@H]2OC(C)(C)O[C@@H]12. The highest BCUT2D eigenvalue weighted by Gasteiger charge is 2.56. The molecule has 3 saturated heterocycles. The average Bonchev–Trinajstić information content (AvgIpc) is 2.92. The summed E-state index contributed by atoms with van der Waals surface area (Å²) in [6.45, 7) is 4.73. The minimum absolute atomic E-state index is 0.494. The van der Waals surface area contributed by atoms with E-state index in [1.807, 2.05) is 0 Å². The van der Waals surface area contributed by atoms with Crippen molar-refractivity contribution in [3.05, 3.63) is 0 Å². The number of fused-ring (bicyclic) bond motifs is 1. The average molecular weight is 380 g/mol. The third kappa shape index (κ3) is 3.63. The quantitative estimate of drug-likeness (QED) is 0.437. The summed E-state index contributed by atoms with van der Waals surface area (Å²) in [6, 6.07) is 0. The fourth-order valence-electron chi connectivity index (χ4n) is 3.63. The molecule has 10 nitrogen and oxygen atoms in total. The van der Waals surface area contributed by atoms with Gasteiger partial charge < -0.3 is 48.8 Å². The summed E-state index contributed by atoms with van der Waals surface area (Å²) in [5.41, 5.74) is 0. The molecule has 0 spiro atoms. The molecule has 26 heavy (non-hydrogen) atoms. The van der Waals surface area contributed by atoms with Crippen LogP contribution >= 0.6 is 0 Å². The lowest BCUT2D eigenvalue weighted by Crippen LogP contribution is -2.63. The van der Waals surface area contributed by atoms with Crippen molar-refractivity contribution in [2.75, 3.05) is 13.7 Å². The molecule has 0 aliphatic carbocycles. The Kier molecular flexibility index (Phi) is 5.91. The molecule has 4 N–H and O–H groups in total. The highest BCUT2D eigenvalue weighted by Crippen LogP contribution is 2.39. The van der Waals surface area contributed by atoms with E-state index in [9.17, 15) is 20.4 Å². The van der Waals surface area contributed by atoms with Gasteiger partial charge in [0.1, 0.15) is 42.7 Å². The first-order valence-corrected chi connectivity index (χ1v) is 8.68. The molecule has 0 bridgehead atoms. The van der Waals surface area contributed by atoms with E-state index in [1.54, 1.807) is 20.8 Å². The van der Waals surface area contributed by atoms with Crippen LogP contribution in [0.15, 0.2) is 0 Å². The summed E-state index contributed by atoms with van der Waals surface area (Å²) < 4.78 is 34.2. The lowest BCUT2D eigenvalue weighted by molar-refractivity contribution is -0.344. The van der Waals surface area contributed by atoms with E-state index in [2.05, 4.69) is 0 Å². The van der Waals surface area contributed by atoms with E-state index in [0.29, 0.717) is 0 Å². The first-order valence-electron chi connectivity index (χ1n) is 8.68. The van der Waals surface area contributed by atoms with Gasteiger partial charge in [-0.15, -0.1) is 0 Å². The number of aliphatic hydroxyl groups is 4. The molecule has 3 aliphatic heterocycles. The molecule has 0 amide bonds. The molecule has 3 aliphatic rings. The largest absolute Gasteiger partial charge is 0.394 e. The number of aliphatic hydroxyl groups excluding tert-OH is 4. The molecular weight excluding hydrogens is 352 g/mol. The third-order valence-electron chi connectivity index (χ3n) is 4.94. The monoisotopic (exact) mass is 380 g/mol. The van der Waals surface area contributed by atoms with E-state index < -0.39 is 73.8 Å². The molecule has 3 heterocycles. The second-order valence-electron chi connectivity index (χ2n) is 7.31. The minimum atomic E-state index is -1.52. The van der Waals surface area contributed by atoms with Crippen molar-refractivity contribution in [1.82, 2.24) is 0 Å². The number of hydrogen-bond donors (Lipinski definition) is 4. The second kappa shape index (κ2) is 7.55. The van der Waals surface area contributed by atoms with Crippen molar-refractivity contribution in [1.29, 1.82) is 0 Å². The lowest BCUT2D eigenvalue weighted by atomic mass is 9.97. The highest BCUT2D eigenvalue weighted by atomic mass is 16.8. The molecule has 10 atom stereocenters. The van der Waals surface area contributed by atoms with Crippen LogP contribution in [0, 0.1) is 0 Å². The van der Waals surface area contributed by atoms with Crippen molar-refractivity contribution < 1.29 is 48.8 Å². The van der Waals surface area contributed by atoms with Gasteiger partial charge in [0, 0.05) is 7.11 Å². The third-order valence-corrected chi connectivity index (χ3v) is 4.94. The van der Waals surface area contributed by atoms with E-state index in [0.717, 1.165) is 0 Å². The number of methoxy groups -OCH3 is 1. The molecule has 0 aromatic heterocycles. The Labute approximate surface area is 151 Å². The summed E-state index contributed by atoms with van der Waals surface area (Å²) >= 11 is 0. The van der Waals surface area contributed by atoms with Crippen LogP contribution in [-0.4, -0.2) is 101 Å². The number of ether oxygens (including phenoxy) is 6. The molecule has 0 saturated carbocycles. The van der Waals surface area contributed by atoms with Gasteiger partial charge in [0.2, 0.25) is 0 Å². The van der Waals surface area contributed by atoms with Gasteiger partial charge in [-0.3, -0.25) is 0 Å². The Hall–Kier alpha value is -0.400. The van der Waals surface area contributed by atoms with Gasteiger partial charge >= 0.3 is 0 Å². The Morgan fingerprint density at radius 2 is 1.58 bits per heavy atom. The van der Waals surface area contributed by atoms with E-state index >= 15 is 0 Å². The Morgan fingerprint density at radius 1 is 0.923 bits per heavy atom. The normalized spacial score (nSPS) is 51.2. The Morgan fingerprint density at radius 3 is 2.19 bits per heavy atom. The van der Waals surface area contributed by atoms with Gasteiger partial charge in [0.05, 0.1) is 12.7 Å². The summed E-state index contributed by atoms with van der Waals surface area (Å²) in [5.74, 6) is -0.878. The number of rotatable bonds is 4. The minimum Gasteiger partial charge on any atom is -0.394 e. The van der Waals surface area contributed by atoms with Crippen molar-refractivity contribution in [3.8, 4) is 0 Å². The molecule has 152 valence electrons. The van der Waals surface area contributed by atoms with Crippen LogP contribution in [0.5, 0.6) is 0 Å². The molecule has 0 aromatic rings. The van der Waals surface area contributed by atoms with Crippen molar-refractivity contribution >= 4 is 0 Å². The van der Waals surface area contributed by atoms with Crippen LogP contribution in [0.4, 0.5) is 0 Å². The van der Waals surface area contributed by atoms with Gasteiger partial charge in [-0.1, -0.05) is 0 Å². The highest BCUT2D eigenvalue weighted by molar-refractivity contribution is 4.97. The van der Waals surface area contributed by atoms with Crippen molar-refractivity contribution in [3.63, 3.8) is 0 Å². The standard InChI is InChI=1S/C16H28O10/c1-6-11(12-13(15(21-4)22-6)26-16(2,3)25-12)24-14-10(20)9(19)8(18)7(5-17)23-14/h6-15,17-20H,5H2,1-4H3/t6-,7+,8+,9-,10-,11-,12+,13+,14+,15+/m0/s1. The fraction of sp³-hybridized carbons (Fsp3) is 1.00. The molecular formula is C16H28O10. The van der Waals surface area contributed by atoms with Crippen molar-refractivity contribution in [2.24, 2.45) is 0 Å². The van der Waals surface area contributed by atoms with Crippen LogP contribution in [0.3, 0.4) is 0 Å². The zero-order chi connectivity index (χ0) is 19.2. The number of hydrogen-bond acceptors (Lipinski definition) is 10. The van der Waals surface area contributed by atoms with E-state index in [4.69, 9.17) is 28.4 Å². The summed E-state index contributed by atoms with van der Waals surface area (Å²) in [6.07, 6.45) is -9.78. The van der Waals surface area contributed by atoms with Gasteiger partial charge in [-0.05, 0) is 20.8 Å². The zero-order valence-corrected chi connectivity index (χ0v) is 15.2. The fourth-order valence-corrected chi connectivity index (χ4v) is 3.63. The van der Waals surface area contributed by atoms with E-state index in [1.165, 1.54) is 7.11 Å². The van der Waals surface area contributed by atoms with Crippen molar-refractivity contribution in [2.45, 2.75) is 88.0 Å². The molecule has 0 unspecified atom stereocenters. The predicted molar refractivity (Wildman–Crippen MR) is 83.8 cm³/mol. The van der Waals surface area contributed by atoms with Gasteiger partial charge in [-0.25, -0.2) is 0 Å². The first-order chi connectivity index (χ1) is 12.2. The van der Waals surface area contributed by atoms with Crippen LogP contribution in [-0.2, 0) is 28.4 Å². The smallest absolute Gasteiger partial charge is 0.187 e. The molecule has 3 rings (SSSR count). The summed E-state index contributed by atoms with van der Waals surface area (Å²) in [4.78, 5) is 0. The molecule has 0 radical (unpaired) electrons. The van der Waals surface area contributed by atoms with Gasteiger partial charge in [0.15, 0.2) is 18.4 Å². The van der Waals surface area contributed by atoms with Crippen LogP contribution in [0.2, 0.25) is 0 Å². The van der Waals surface area contributed by atoms with Gasteiger partial charge in [0.25, 0.3) is 0 Å². The Balaban J connectivity index is 1.77. The Bertz CT molecular complexity index is 486. The predicted octanol–water partition coefficient (Wildman–Crippen LogP) is -1.92. The molecule has 10 heteroatoms. The first kappa shape index (κ1) is 20.3. The van der Waals surface area contributed by atoms with Crippen LogP contribution in [0.25, 0.3) is 0 Å².